The molecule has 1 heterocycles. The molecule has 3 rings (SSSR count). The molecule has 74 valence electrons. The summed E-state index contributed by atoms with van der Waals surface area (Å²) < 4.78 is 0. The number of aromatic nitrogens is 1. The van der Waals surface area contributed by atoms with E-state index in [1.807, 2.05) is 18.3 Å². The van der Waals surface area contributed by atoms with Gasteiger partial charge in [0.25, 0.3) is 0 Å². The zero-order valence-corrected chi connectivity index (χ0v) is 8.20. The minimum Gasteiger partial charge on any atom is -0.392 e. The minimum atomic E-state index is 0.0774. The van der Waals surface area contributed by atoms with E-state index in [4.69, 9.17) is 0 Å². The number of aromatic amines is 1. The van der Waals surface area contributed by atoms with Crippen molar-refractivity contribution >= 4 is 21.7 Å². The van der Waals surface area contributed by atoms with Gasteiger partial charge in [-0.05, 0) is 16.8 Å². The second-order valence-electron chi connectivity index (χ2n) is 3.68. The van der Waals surface area contributed by atoms with E-state index < -0.39 is 0 Å². The van der Waals surface area contributed by atoms with Crippen LogP contribution in [0.2, 0.25) is 0 Å². The Bertz CT molecular complexity index is 625. The maximum Gasteiger partial charge on any atom is 0.0702 e. The van der Waals surface area contributed by atoms with Gasteiger partial charge in [0.15, 0.2) is 0 Å². The summed E-state index contributed by atoms with van der Waals surface area (Å²) in [6, 6.07) is 12.4. The van der Waals surface area contributed by atoms with Gasteiger partial charge in [0.2, 0.25) is 0 Å². The first-order valence-corrected chi connectivity index (χ1v) is 4.99. The van der Waals surface area contributed by atoms with Crippen LogP contribution in [-0.2, 0) is 6.61 Å². The van der Waals surface area contributed by atoms with Crippen LogP contribution < -0.4 is 0 Å². The molecule has 0 saturated heterocycles. The van der Waals surface area contributed by atoms with E-state index in [2.05, 4.69) is 29.2 Å². The second-order valence-corrected chi connectivity index (χ2v) is 3.68. The van der Waals surface area contributed by atoms with Crippen LogP contribution in [0.4, 0.5) is 0 Å². The van der Waals surface area contributed by atoms with E-state index in [-0.39, 0.29) is 6.61 Å². The Hall–Kier alpha value is -1.80. The Morgan fingerprint density at radius 1 is 1.07 bits per heavy atom. The maximum absolute atomic E-state index is 9.26. The highest BCUT2D eigenvalue weighted by molar-refractivity contribution is 6.08. The number of aliphatic hydroxyl groups excluding tert-OH is 1. The highest BCUT2D eigenvalue weighted by Crippen LogP contribution is 2.27. The molecular weight excluding hydrogens is 186 g/mol. The lowest BCUT2D eigenvalue weighted by atomic mass is 10.0. The van der Waals surface area contributed by atoms with Crippen molar-refractivity contribution in [1.82, 2.24) is 4.98 Å². The number of hydrogen-bond acceptors (Lipinski definition) is 1. The SMILES string of the molecule is OCc1c[nH]c2ccc3ccccc3c12. The van der Waals surface area contributed by atoms with Crippen molar-refractivity contribution in [3.8, 4) is 0 Å². The first kappa shape index (κ1) is 8.50. The Balaban J connectivity index is 2.56. The van der Waals surface area contributed by atoms with E-state index in [0.29, 0.717) is 0 Å². The Kier molecular flexibility index (Phi) is 1.76. The van der Waals surface area contributed by atoms with Crippen molar-refractivity contribution in [2.75, 3.05) is 0 Å². The summed E-state index contributed by atoms with van der Waals surface area (Å²) >= 11 is 0. The van der Waals surface area contributed by atoms with Gasteiger partial charge in [0, 0.05) is 22.7 Å². The van der Waals surface area contributed by atoms with Gasteiger partial charge in [0.05, 0.1) is 6.61 Å². The van der Waals surface area contributed by atoms with Crippen LogP contribution in [0.3, 0.4) is 0 Å². The molecule has 0 spiro atoms. The molecule has 0 aliphatic rings. The summed E-state index contributed by atoms with van der Waals surface area (Å²) in [5.41, 5.74) is 2.04. The van der Waals surface area contributed by atoms with Crippen LogP contribution in [-0.4, -0.2) is 10.1 Å². The Morgan fingerprint density at radius 3 is 2.80 bits per heavy atom. The minimum absolute atomic E-state index is 0.0774. The number of benzene rings is 2. The van der Waals surface area contributed by atoms with Crippen LogP contribution in [0, 0.1) is 0 Å². The standard InChI is InChI=1S/C13H11NO/c15-8-10-7-14-12-6-5-9-3-1-2-4-11(9)13(10)12/h1-7,14-15H,8H2. The fraction of sp³-hybridized carbons (Fsp3) is 0.0769. The fourth-order valence-corrected chi connectivity index (χ4v) is 2.10. The van der Waals surface area contributed by atoms with Gasteiger partial charge < -0.3 is 10.1 Å². The van der Waals surface area contributed by atoms with Crippen molar-refractivity contribution in [3.05, 3.63) is 48.2 Å². The number of aliphatic hydroxyl groups is 1. The molecule has 0 atom stereocenters. The predicted molar refractivity (Wildman–Crippen MR) is 61.7 cm³/mol. The molecule has 1 aromatic heterocycles. The lowest BCUT2D eigenvalue weighted by Gasteiger charge is -2.00. The summed E-state index contributed by atoms with van der Waals surface area (Å²) in [5.74, 6) is 0. The Labute approximate surface area is 87.2 Å². The second kappa shape index (κ2) is 3.11. The zero-order chi connectivity index (χ0) is 10.3. The third kappa shape index (κ3) is 1.15. The molecule has 2 nitrogen and oxygen atoms in total. The summed E-state index contributed by atoms with van der Waals surface area (Å²) in [5, 5.41) is 12.8. The summed E-state index contributed by atoms with van der Waals surface area (Å²) in [4.78, 5) is 3.17. The van der Waals surface area contributed by atoms with E-state index in [1.54, 1.807) is 0 Å². The van der Waals surface area contributed by atoms with E-state index in [0.717, 1.165) is 16.5 Å². The zero-order valence-electron chi connectivity index (χ0n) is 8.20. The molecule has 3 aromatic rings. The van der Waals surface area contributed by atoms with Crippen LogP contribution in [0.5, 0.6) is 0 Å². The average molecular weight is 197 g/mol. The van der Waals surface area contributed by atoms with Gasteiger partial charge in [-0.1, -0.05) is 30.3 Å². The molecule has 0 fully saturated rings. The Morgan fingerprint density at radius 2 is 1.93 bits per heavy atom. The number of H-pyrrole nitrogens is 1. The maximum atomic E-state index is 9.26. The molecule has 0 unspecified atom stereocenters. The quantitative estimate of drug-likeness (QED) is 0.618. The largest absolute Gasteiger partial charge is 0.392 e. The lowest BCUT2D eigenvalue weighted by molar-refractivity contribution is 0.283. The predicted octanol–water partition coefficient (Wildman–Crippen LogP) is 2.81. The normalized spacial score (nSPS) is 11.3. The molecule has 2 N–H and O–H groups in total. The topological polar surface area (TPSA) is 36.0 Å². The van der Waals surface area contributed by atoms with Gasteiger partial charge in [-0.15, -0.1) is 0 Å². The lowest BCUT2D eigenvalue weighted by Crippen LogP contribution is -1.80. The summed E-state index contributed by atoms with van der Waals surface area (Å²) in [6.45, 7) is 0.0774. The van der Waals surface area contributed by atoms with Gasteiger partial charge in [-0.2, -0.15) is 0 Å². The van der Waals surface area contributed by atoms with Crippen molar-refractivity contribution in [2.45, 2.75) is 6.61 Å². The molecule has 0 aliphatic carbocycles. The number of fused-ring (bicyclic) bond motifs is 3. The molecule has 0 bridgehead atoms. The van der Waals surface area contributed by atoms with Gasteiger partial charge >= 0.3 is 0 Å². The monoisotopic (exact) mass is 197 g/mol. The number of rotatable bonds is 1. The van der Waals surface area contributed by atoms with Crippen LogP contribution >= 0.6 is 0 Å². The van der Waals surface area contributed by atoms with Crippen LogP contribution in [0.25, 0.3) is 21.7 Å². The number of hydrogen-bond donors (Lipinski definition) is 2. The van der Waals surface area contributed by atoms with Gasteiger partial charge in [0.1, 0.15) is 0 Å². The van der Waals surface area contributed by atoms with E-state index >= 15 is 0 Å². The molecule has 15 heavy (non-hydrogen) atoms. The highest BCUT2D eigenvalue weighted by Gasteiger charge is 2.05. The molecule has 0 radical (unpaired) electrons. The van der Waals surface area contributed by atoms with Gasteiger partial charge in [-0.3, -0.25) is 0 Å². The summed E-state index contributed by atoms with van der Waals surface area (Å²) in [6.07, 6.45) is 1.87. The first-order chi connectivity index (χ1) is 7.40. The molecule has 2 heteroatoms. The molecule has 2 aromatic carbocycles. The number of nitrogens with one attached hydrogen (secondary N) is 1. The molecule has 0 saturated carbocycles. The molecule has 0 aliphatic heterocycles. The first-order valence-electron chi connectivity index (χ1n) is 4.99. The van der Waals surface area contributed by atoms with Crippen LogP contribution in [0.15, 0.2) is 42.6 Å². The smallest absolute Gasteiger partial charge is 0.0702 e. The van der Waals surface area contributed by atoms with Crippen molar-refractivity contribution in [1.29, 1.82) is 0 Å². The van der Waals surface area contributed by atoms with E-state index in [9.17, 15) is 5.11 Å². The average Bonchev–Trinajstić information content (AvgIpc) is 2.72. The van der Waals surface area contributed by atoms with Crippen molar-refractivity contribution in [3.63, 3.8) is 0 Å². The highest BCUT2D eigenvalue weighted by atomic mass is 16.3. The third-order valence-corrected chi connectivity index (χ3v) is 2.82. The van der Waals surface area contributed by atoms with Gasteiger partial charge in [-0.25, -0.2) is 0 Å². The molecule has 0 amide bonds. The van der Waals surface area contributed by atoms with Crippen molar-refractivity contribution in [2.24, 2.45) is 0 Å². The van der Waals surface area contributed by atoms with Crippen LogP contribution in [0.1, 0.15) is 5.56 Å². The molecular formula is C13H11NO. The third-order valence-electron chi connectivity index (χ3n) is 2.82. The fourth-order valence-electron chi connectivity index (χ4n) is 2.10. The van der Waals surface area contributed by atoms with Crippen molar-refractivity contribution < 1.29 is 5.11 Å². The summed E-state index contributed by atoms with van der Waals surface area (Å²) in [7, 11) is 0. The van der Waals surface area contributed by atoms with E-state index in [1.165, 1.54) is 10.8 Å².